The first-order chi connectivity index (χ1) is 9.33. The van der Waals surface area contributed by atoms with Crippen molar-refractivity contribution in [3.8, 4) is 0 Å². The molecule has 19 heavy (non-hydrogen) atoms. The number of nitrogens with zero attached hydrogens (tertiary/aromatic N) is 3. The molecule has 1 aromatic carbocycles. The van der Waals surface area contributed by atoms with Crippen molar-refractivity contribution in [1.82, 2.24) is 9.97 Å². The summed E-state index contributed by atoms with van der Waals surface area (Å²) < 4.78 is 0. The molecule has 0 aliphatic carbocycles. The minimum absolute atomic E-state index is 0.681. The van der Waals surface area contributed by atoms with Gasteiger partial charge in [0.1, 0.15) is 0 Å². The Morgan fingerprint density at radius 1 is 1.00 bits per heavy atom. The van der Waals surface area contributed by atoms with E-state index in [-0.39, 0.29) is 0 Å². The number of anilines is 1. The molecule has 0 atom stereocenters. The maximum Gasteiger partial charge on any atom is 0.225 e. The molecule has 1 aliphatic rings. The van der Waals surface area contributed by atoms with E-state index in [9.17, 15) is 0 Å². The summed E-state index contributed by atoms with van der Waals surface area (Å²) >= 11 is 0. The Kier molecular flexibility index (Phi) is 3.45. The van der Waals surface area contributed by atoms with Gasteiger partial charge < -0.3 is 4.90 Å². The van der Waals surface area contributed by atoms with Crippen LogP contribution < -0.4 is 4.90 Å². The van der Waals surface area contributed by atoms with Crippen molar-refractivity contribution < 1.29 is 0 Å². The van der Waals surface area contributed by atoms with E-state index in [1.807, 2.05) is 18.5 Å². The first kappa shape index (κ1) is 12.2. The molecule has 98 valence electrons. The van der Waals surface area contributed by atoms with Gasteiger partial charge in [0.15, 0.2) is 0 Å². The highest BCUT2D eigenvalue weighted by atomic mass is 15.2. The summed E-state index contributed by atoms with van der Waals surface area (Å²) in [6.07, 6.45) is 5.99. The van der Waals surface area contributed by atoms with Crippen LogP contribution in [0.25, 0.3) is 0 Å². The Hall–Kier alpha value is -1.90. The molecular weight excluding hydrogens is 234 g/mol. The number of aryl methyl sites for hydroxylation is 1. The molecule has 2 heterocycles. The average molecular weight is 253 g/mol. The fourth-order valence-electron chi connectivity index (χ4n) is 2.71. The SMILES string of the molecule is Cc1ccc(C2CCN(c3ncccn3)CC2)cc1. The van der Waals surface area contributed by atoms with Gasteiger partial charge in [-0.05, 0) is 37.3 Å². The van der Waals surface area contributed by atoms with E-state index in [0.717, 1.165) is 19.0 Å². The summed E-state index contributed by atoms with van der Waals surface area (Å²) in [5.41, 5.74) is 2.80. The van der Waals surface area contributed by atoms with Crippen LogP contribution in [0.15, 0.2) is 42.7 Å². The number of hydrogen-bond acceptors (Lipinski definition) is 3. The highest BCUT2D eigenvalue weighted by Crippen LogP contribution is 2.29. The zero-order valence-corrected chi connectivity index (χ0v) is 11.3. The van der Waals surface area contributed by atoms with Crippen molar-refractivity contribution in [3.05, 3.63) is 53.9 Å². The number of aromatic nitrogens is 2. The van der Waals surface area contributed by atoms with Gasteiger partial charge in [-0.2, -0.15) is 0 Å². The second-order valence-corrected chi connectivity index (χ2v) is 5.22. The van der Waals surface area contributed by atoms with Crippen LogP contribution in [-0.4, -0.2) is 23.1 Å². The quantitative estimate of drug-likeness (QED) is 0.823. The van der Waals surface area contributed by atoms with Crippen molar-refractivity contribution in [2.24, 2.45) is 0 Å². The minimum atomic E-state index is 0.681. The molecule has 0 amide bonds. The van der Waals surface area contributed by atoms with Gasteiger partial charge in [-0.1, -0.05) is 29.8 Å². The van der Waals surface area contributed by atoms with Gasteiger partial charge in [-0.25, -0.2) is 9.97 Å². The molecule has 0 unspecified atom stereocenters. The fourth-order valence-corrected chi connectivity index (χ4v) is 2.71. The second-order valence-electron chi connectivity index (χ2n) is 5.22. The van der Waals surface area contributed by atoms with E-state index in [2.05, 4.69) is 46.1 Å². The monoisotopic (exact) mass is 253 g/mol. The lowest BCUT2D eigenvalue weighted by atomic mass is 9.89. The Balaban J connectivity index is 1.65. The van der Waals surface area contributed by atoms with E-state index in [1.165, 1.54) is 24.0 Å². The lowest BCUT2D eigenvalue weighted by molar-refractivity contribution is 0.499. The zero-order valence-electron chi connectivity index (χ0n) is 11.3. The van der Waals surface area contributed by atoms with Gasteiger partial charge in [0.05, 0.1) is 0 Å². The molecule has 0 spiro atoms. The van der Waals surface area contributed by atoms with Crippen LogP contribution in [-0.2, 0) is 0 Å². The maximum absolute atomic E-state index is 4.33. The summed E-state index contributed by atoms with van der Waals surface area (Å²) in [5, 5.41) is 0. The molecular formula is C16H19N3. The number of rotatable bonds is 2. The summed E-state index contributed by atoms with van der Waals surface area (Å²) in [6.45, 7) is 4.23. The van der Waals surface area contributed by atoms with Crippen LogP contribution in [0.3, 0.4) is 0 Å². The van der Waals surface area contributed by atoms with Gasteiger partial charge in [0.2, 0.25) is 5.95 Å². The van der Waals surface area contributed by atoms with Gasteiger partial charge in [-0.3, -0.25) is 0 Å². The van der Waals surface area contributed by atoms with Gasteiger partial charge in [0, 0.05) is 25.5 Å². The lowest BCUT2D eigenvalue weighted by Crippen LogP contribution is -2.34. The van der Waals surface area contributed by atoms with Crippen LogP contribution in [0.2, 0.25) is 0 Å². The molecule has 1 saturated heterocycles. The highest BCUT2D eigenvalue weighted by Gasteiger charge is 2.21. The van der Waals surface area contributed by atoms with Crippen LogP contribution in [0.5, 0.6) is 0 Å². The lowest BCUT2D eigenvalue weighted by Gasteiger charge is -2.32. The largest absolute Gasteiger partial charge is 0.341 e. The van der Waals surface area contributed by atoms with E-state index in [1.54, 1.807) is 0 Å². The highest BCUT2D eigenvalue weighted by molar-refractivity contribution is 5.31. The molecule has 0 bridgehead atoms. The van der Waals surface area contributed by atoms with E-state index in [4.69, 9.17) is 0 Å². The van der Waals surface area contributed by atoms with Crippen molar-refractivity contribution >= 4 is 5.95 Å². The summed E-state index contributed by atoms with van der Waals surface area (Å²) in [6, 6.07) is 10.8. The summed E-state index contributed by atoms with van der Waals surface area (Å²) in [5.74, 6) is 1.55. The standard InChI is InChI=1S/C16H19N3/c1-13-3-5-14(6-4-13)15-7-11-19(12-8-15)16-17-9-2-10-18-16/h2-6,9-10,15H,7-8,11-12H2,1H3. The predicted molar refractivity (Wildman–Crippen MR) is 77.4 cm³/mol. The second kappa shape index (κ2) is 5.39. The Morgan fingerprint density at radius 3 is 2.26 bits per heavy atom. The van der Waals surface area contributed by atoms with Crippen LogP contribution in [0.1, 0.15) is 29.9 Å². The van der Waals surface area contributed by atoms with Crippen molar-refractivity contribution in [3.63, 3.8) is 0 Å². The molecule has 2 aromatic rings. The van der Waals surface area contributed by atoms with E-state index >= 15 is 0 Å². The van der Waals surface area contributed by atoms with Crippen molar-refractivity contribution in [2.75, 3.05) is 18.0 Å². The number of hydrogen-bond donors (Lipinski definition) is 0. The first-order valence-electron chi connectivity index (χ1n) is 6.91. The minimum Gasteiger partial charge on any atom is -0.341 e. The molecule has 1 fully saturated rings. The third-order valence-electron chi connectivity index (χ3n) is 3.88. The Bertz CT molecular complexity index is 513. The zero-order chi connectivity index (χ0) is 13.1. The third-order valence-corrected chi connectivity index (χ3v) is 3.88. The third kappa shape index (κ3) is 2.75. The molecule has 1 aliphatic heterocycles. The molecule has 0 N–H and O–H groups in total. The van der Waals surface area contributed by atoms with Crippen molar-refractivity contribution in [2.45, 2.75) is 25.7 Å². The molecule has 0 saturated carbocycles. The molecule has 3 nitrogen and oxygen atoms in total. The Morgan fingerprint density at radius 2 is 1.63 bits per heavy atom. The molecule has 3 rings (SSSR count). The van der Waals surface area contributed by atoms with Crippen LogP contribution >= 0.6 is 0 Å². The average Bonchev–Trinajstić information content (AvgIpc) is 2.49. The van der Waals surface area contributed by atoms with Crippen molar-refractivity contribution in [1.29, 1.82) is 0 Å². The first-order valence-corrected chi connectivity index (χ1v) is 6.91. The topological polar surface area (TPSA) is 29.0 Å². The van der Waals surface area contributed by atoms with Gasteiger partial charge in [-0.15, -0.1) is 0 Å². The van der Waals surface area contributed by atoms with Gasteiger partial charge >= 0.3 is 0 Å². The van der Waals surface area contributed by atoms with E-state index in [0.29, 0.717) is 5.92 Å². The van der Waals surface area contributed by atoms with E-state index < -0.39 is 0 Å². The smallest absolute Gasteiger partial charge is 0.225 e. The van der Waals surface area contributed by atoms with Crippen LogP contribution in [0, 0.1) is 6.92 Å². The Labute approximate surface area is 114 Å². The summed E-state index contributed by atoms with van der Waals surface area (Å²) in [7, 11) is 0. The van der Waals surface area contributed by atoms with Crippen LogP contribution in [0.4, 0.5) is 5.95 Å². The van der Waals surface area contributed by atoms with Gasteiger partial charge in [0.25, 0.3) is 0 Å². The number of piperidine rings is 1. The summed E-state index contributed by atoms with van der Waals surface area (Å²) in [4.78, 5) is 10.9. The fraction of sp³-hybridized carbons (Fsp3) is 0.375. The maximum atomic E-state index is 4.33. The number of benzene rings is 1. The normalized spacial score (nSPS) is 16.6. The molecule has 0 radical (unpaired) electrons. The molecule has 3 heteroatoms. The molecule has 1 aromatic heterocycles. The predicted octanol–water partition coefficient (Wildman–Crippen LogP) is 3.17.